The molecule has 0 N–H and O–H groups in total. The van der Waals surface area contributed by atoms with Gasteiger partial charge >= 0.3 is 6.18 Å². The summed E-state index contributed by atoms with van der Waals surface area (Å²) < 4.78 is 39.6. The molecule has 3 aromatic rings. The van der Waals surface area contributed by atoms with Crippen LogP contribution in [0.5, 0.6) is 0 Å². The van der Waals surface area contributed by atoms with Crippen molar-refractivity contribution < 1.29 is 13.2 Å². The van der Waals surface area contributed by atoms with Crippen molar-refractivity contribution in [2.45, 2.75) is 19.1 Å². The van der Waals surface area contributed by atoms with Gasteiger partial charge in [-0.1, -0.05) is 42.5 Å². The van der Waals surface area contributed by atoms with E-state index in [9.17, 15) is 13.2 Å². The number of aryl methyl sites for hydroxylation is 1. The van der Waals surface area contributed by atoms with Crippen LogP contribution < -0.4 is 4.90 Å². The Labute approximate surface area is 154 Å². The van der Waals surface area contributed by atoms with E-state index in [0.717, 1.165) is 23.0 Å². The third-order valence-corrected chi connectivity index (χ3v) is 4.49. The van der Waals surface area contributed by atoms with Crippen LogP contribution in [0.25, 0.3) is 6.08 Å². The minimum atomic E-state index is -4.39. The topological polar surface area (TPSA) is 29.0 Å². The number of fused-ring (bicyclic) bond motifs is 1. The van der Waals surface area contributed by atoms with Crippen molar-refractivity contribution in [3.05, 3.63) is 89.3 Å². The number of hydrogen-bond donors (Lipinski definition) is 0. The van der Waals surface area contributed by atoms with Gasteiger partial charge in [-0.3, -0.25) is 4.90 Å². The molecule has 1 aliphatic heterocycles. The van der Waals surface area contributed by atoms with E-state index in [-0.39, 0.29) is 0 Å². The van der Waals surface area contributed by atoms with Crippen LogP contribution in [0.1, 0.15) is 28.4 Å². The van der Waals surface area contributed by atoms with Gasteiger partial charge < -0.3 is 0 Å². The Hall–Kier alpha value is -3.15. The second kappa shape index (κ2) is 6.54. The van der Waals surface area contributed by atoms with Gasteiger partial charge in [0.25, 0.3) is 0 Å². The first-order valence-electron chi connectivity index (χ1n) is 8.47. The monoisotopic (exact) mass is 367 g/mol. The van der Waals surface area contributed by atoms with Crippen molar-refractivity contribution in [2.24, 2.45) is 0 Å². The average molecular weight is 367 g/mol. The van der Waals surface area contributed by atoms with E-state index >= 15 is 0 Å². The van der Waals surface area contributed by atoms with Crippen molar-refractivity contribution in [2.75, 3.05) is 4.90 Å². The first kappa shape index (κ1) is 17.3. The summed E-state index contributed by atoms with van der Waals surface area (Å²) in [6.45, 7) is 1.86. The predicted molar refractivity (Wildman–Crippen MR) is 98.6 cm³/mol. The third kappa shape index (κ3) is 3.30. The molecule has 0 spiro atoms. The first-order chi connectivity index (χ1) is 12.9. The summed E-state index contributed by atoms with van der Waals surface area (Å²) in [6, 6.07) is 14.4. The predicted octanol–water partition coefficient (Wildman–Crippen LogP) is 5.71. The summed E-state index contributed by atoms with van der Waals surface area (Å²) in [4.78, 5) is 10.7. The summed E-state index contributed by atoms with van der Waals surface area (Å²) >= 11 is 0. The van der Waals surface area contributed by atoms with E-state index in [0.29, 0.717) is 11.5 Å². The van der Waals surface area contributed by atoms with E-state index < -0.39 is 17.8 Å². The zero-order valence-electron chi connectivity index (χ0n) is 14.5. The van der Waals surface area contributed by atoms with Gasteiger partial charge in [-0.25, -0.2) is 9.97 Å². The Morgan fingerprint density at radius 1 is 1.00 bits per heavy atom. The molecular weight excluding hydrogens is 351 g/mol. The number of aromatic nitrogens is 2. The second-order valence-corrected chi connectivity index (χ2v) is 6.35. The standard InChI is InChI=1S/C21H16F3N3/c1-14-11-12-25-20(26-14)27-18-8-3-2-5-15(18)9-10-19(27)16-6-4-7-17(13-16)21(22,23)24/h2-13,19H,1H3. The maximum atomic E-state index is 13.2. The molecule has 1 aromatic heterocycles. The van der Waals surface area contributed by atoms with Gasteiger partial charge in [-0.05, 0) is 42.3 Å². The van der Waals surface area contributed by atoms with Crippen LogP contribution in [-0.4, -0.2) is 9.97 Å². The molecule has 1 unspecified atom stereocenters. The molecule has 0 saturated carbocycles. The number of rotatable bonds is 2. The fourth-order valence-corrected chi connectivity index (χ4v) is 3.22. The Morgan fingerprint density at radius 2 is 1.81 bits per heavy atom. The highest BCUT2D eigenvalue weighted by Gasteiger charge is 2.33. The van der Waals surface area contributed by atoms with Crippen LogP contribution in [-0.2, 0) is 6.18 Å². The SMILES string of the molecule is Cc1ccnc(N2c3ccccc3C=CC2c2cccc(C(F)(F)F)c2)n1. The summed E-state index contributed by atoms with van der Waals surface area (Å²) in [5.41, 5.74) is 2.46. The minimum Gasteiger partial charge on any atom is -0.299 e. The molecule has 4 rings (SSSR count). The molecule has 3 nitrogen and oxygen atoms in total. The summed E-state index contributed by atoms with van der Waals surface area (Å²) in [5.74, 6) is 0.453. The first-order valence-corrected chi connectivity index (χ1v) is 8.47. The quantitative estimate of drug-likeness (QED) is 0.581. The second-order valence-electron chi connectivity index (χ2n) is 6.35. The number of halogens is 3. The van der Waals surface area contributed by atoms with E-state index in [1.807, 2.05) is 48.2 Å². The zero-order chi connectivity index (χ0) is 19.0. The molecule has 0 amide bonds. The van der Waals surface area contributed by atoms with E-state index in [1.165, 1.54) is 12.1 Å². The molecule has 27 heavy (non-hydrogen) atoms. The van der Waals surface area contributed by atoms with E-state index in [4.69, 9.17) is 0 Å². The Bertz CT molecular complexity index is 1010. The molecule has 0 bridgehead atoms. The molecule has 0 aliphatic carbocycles. The van der Waals surface area contributed by atoms with Crippen molar-refractivity contribution in [1.82, 2.24) is 9.97 Å². The van der Waals surface area contributed by atoms with Crippen LogP contribution in [0.15, 0.2) is 66.9 Å². The van der Waals surface area contributed by atoms with Crippen LogP contribution >= 0.6 is 0 Å². The van der Waals surface area contributed by atoms with Crippen LogP contribution in [0.2, 0.25) is 0 Å². The fraction of sp³-hybridized carbons (Fsp3) is 0.143. The summed E-state index contributed by atoms with van der Waals surface area (Å²) in [6.07, 6.45) is 1.06. The van der Waals surface area contributed by atoms with Gasteiger partial charge in [0.1, 0.15) is 0 Å². The number of anilines is 2. The molecular formula is C21H16F3N3. The van der Waals surface area contributed by atoms with Crippen LogP contribution in [0, 0.1) is 6.92 Å². The highest BCUT2D eigenvalue weighted by Crippen LogP contribution is 2.41. The Morgan fingerprint density at radius 3 is 2.59 bits per heavy atom. The van der Waals surface area contributed by atoms with Crippen LogP contribution in [0.4, 0.5) is 24.8 Å². The summed E-state index contributed by atoms with van der Waals surface area (Å²) in [5, 5.41) is 0. The number of alkyl halides is 3. The lowest BCUT2D eigenvalue weighted by molar-refractivity contribution is -0.137. The highest BCUT2D eigenvalue weighted by atomic mass is 19.4. The van der Waals surface area contributed by atoms with Crippen molar-refractivity contribution >= 4 is 17.7 Å². The molecule has 2 aromatic carbocycles. The lowest BCUT2D eigenvalue weighted by atomic mass is 9.96. The van der Waals surface area contributed by atoms with Gasteiger partial charge in [0, 0.05) is 11.9 Å². The van der Waals surface area contributed by atoms with Crippen molar-refractivity contribution in [3.8, 4) is 0 Å². The number of nitrogens with zero attached hydrogens (tertiary/aromatic N) is 3. The number of benzene rings is 2. The van der Waals surface area contributed by atoms with Crippen molar-refractivity contribution in [3.63, 3.8) is 0 Å². The highest BCUT2D eigenvalue weighted by molar-refractivity contribution is 5.77. The van der Waals surface area contributed by atoms with E-state index in [2.05, 4.69) is 9.97 Å². The molecule has 1 atom stereocenters. The lowest BCUT2D eigenvalue weighted by Gasteiger charge is -2.34. The lowest BCUT2D eigenvalue weighted by Crippen LogP contribution is -2.27. The molecule has 136 valence electrons. The van der Waals surface area contributed by atoms with Gasteiger partial charge in [-0.15, -0.1) is 0 Å². The smallest absolute Gasteiger partial charge is 0.299 e. The number of para-hydroxylation sites is 1. The minimum absolute atomic E-state index is 0.441. The molecule has 0 saturated heterocycles. The largest absolute Gasteiger partial charge is 0.416 e. The van der Waals surface area contributed by atoms with Gasteiger partial charge in [0.05, 0.1) is 17.3 Å². The van der Waals surface area contributed by atoms with Gasteiger partial charge in [-0.2, -0.15) is 13.2 Å². The third-order valence-electron chi connectivity index (χ3n) is 4.49. The molecule has 0 fully saturated rings. The zero-order valence-corrected chi connectivity index (χ0v) is 14.5. The number of hydrogen-bond acceptors (Lipinski definition) is 3. The van der Waals surface area contributed by atoms with E-state index in [1.54, 1.807) is 18.3 Å². The maximum absolute atomic E-state index is 13.2. The Balaban J connectivity index is 1.87. The van der Waals surface area contributed by atoms with Gasteiger partial charge in [0.2, 0.25) is 5.95 Å². The molecule has 0 radical (unpaired) electrons. The fourth-order valence-electron chi connectivity index (χ4n) is 3.22. The average Bonchev–Trinajstić information content (AvgIpc) is 2.66. The molecule has 1 aliphatic rings. The molecule has 2 heterocycles. The van der Waals surface area contributed by atoms with Gasteiger partial charge in [0.15, 0.2) is 0 Å². The van der Waals surface area contributed by atoms with Crippen LogP contribution in [0.3, 0.4) is 0 Å². The summed E-state index contributed by atoms with van der Waals surface area (Å²) in [7, 11) is 0. The Kier molecular flexibility index (Phi) is 4.18. The maximum Gasteiger partial charge on any atom is 0.416 e. The van der Waals surface area contributed by atoms with Crippen molar-refractivity contribution in [1.29, 1.82) is 0 Å². The molecule has 6 heteroatoms. The normalized spacial score (nSPS) is 16.3.